The summed E-state index contributed by atoms with van der Waals surface area (Å²) in [4.78, 5) is 10.9. The van der Waals surface area contributed by atoms with E-state index in [1.165, 1.54) is 23.8 Å². The zero-order chi connectivity index (χ0) is 15.5. The van der Waals surface area contributed by atoms with Crippen molar-refractivity contribution in [1.29, 1.82) is 0 Å². The van der Waals surface area contributed by atoms with Gasteiger partial charge in [0.25, 0.3) is 0 Å². The average molecular weight is 286 g/mol. The molecule has 0 atom stereocenters. The number of hydrogen-bond donors (Lipinski definition) is 0. The third kappa shape index (κ3) is 3.91. The molecule has 0 heterocycles. The standard InChI is InChI=1S/C18H19FO2/c1-18(2,3)15-6-4-13(5-7-15)12-21-17-9-8-16(19)10-14(17)11-20/h4-11H,12H2,1-3H3. The van der Waals surface area contributed by atoms with Crippen LogP contribution in [0, 0.1) is 5.82 Å². The van der Waals surface area contributed by atoms with Gasteiger partial charge in [0.2, 0.25) is 0 Å². The van der Waals surface area contributed by atoms with Gasteiger partial charge in [0.15, 0.2) is 6.29 Å². The number of ether oxygens (including phenoxy) is 1. The first-order valence-corrected chi connectivity index (χ1v) is 6.87. The third-order valence-electron chi connectivity index (χ3n) is 3.31. The zero-order valence-corrected chi connectivity index (χ0v) is 12.5. The molecule has 110 valence electrons. The second kappa shape index (κ2) is 6.08. The Kier molecular flexibility index (Phi) is 4.41. The van der Waals surface area contributed by atoms with Gasteiger partial charge < -0.3 is 4.74 Å². The van der Waals surface area contributed by atoms with Gasteiger partial charge in [0, 0.05) is 0 Å². The van der Waals surface area contributed by atoms with E-state index in [2.05, 4.69) is 32.9 Å². The van der Waals surface area contributed by atoms with Crippen LogP contribution in [0.25, 0.3) is 0 Å². The van der Waals surface area contributed by atoms with E-state index < -0.39 is 5.82 Å². The number of rotatable bonds is 4. The summed E-state index contributed by atoms with van der Waals surface area (Å²) in [5, 5.41) is 0. The van der Waals surface area contributed by atoms with Gasteiger partial charge in [-0.2, -0.15) is 0 Å². The van der Waals surface area contributed by atoms with Gasteiger partial charge in [-0.3, -0.25) is 4.79 Å². The summed E-state index contributed by atoms with van der Waals surface area (Å²) in [6, 6.07) is 12.1. The van der Waals surface area contributed by atoms with Crippen LogP contribution in [-0.4, -0.2) is 6.29 Å². The second-order valence-corrected chi connectivity index (χ2v) is 6.04. The Morgan fingerprint density at radius 2 is 1.76 bits per heavy atom. The zero-order valence-electron chi connectivity index (χ0n) is 12.5. The summed E-state index contributed by atoms with van der Waals surface area (Å²) < 4.78 is 18.6. The van der Waals surface area contributed by atoms with Crippen LogP contribution in [0.1, 0.15) is 42.3 Å². The van der Waals surface area contributed by atoms with Crippen LogP contribution in [0.15, 0.2) is 42.5 Å². The molecule has 0 radical (unpaired) electrons. The van der Waals surface area contributed by atoms with E-state index in [1.807, 2.05) is 12.1 Å². The van der Waals surface area contributed by atoms with Crippen LogP contribution in [0.2, 0.25) is 0 Å². The second-order valence-electron chi connectivity index (χ2n) is 6.04. The highest BCUT2D eigenvalue weighted by Gasteiger charge is 2.13. The minimum absolute atomic E-state index is 0.112. The molecule has 3 heteroatoms. The van der Waals surface area contributed by atoms with Gasteiger partial charge in [-0.25, -0.2) is 4.39 Å². The summed E-state index contributed by atoms with van der Waals surface area (Å²) in [6.07, 6.45) is 0.598. The highest BCUT2D eigenvalue weighted by Crippen LogP contribution is 2.23. The molecule has 0 amide bonds. The van der Waals surface area contributed by atoms with E-state index >= 15 is 0 Å². The van der Waals surface area contributed by atoms with E-state index in [0.717, 1.165) is 5.56 Å². The normalized spacial score (nSPS) is 11.2. The third-order valence-corrected chi connectivity index (χ3v) is 3.31. The van der Waals surface area contributed by atoms with E-state index in [-0.39, 0.29) is 11.0 Å². The van der Waals surface area contributed by atoms with Crippen molar-refractivity contribution in [3.8, 4) is 5.75 Å². The number of aldehydes is 1. The molecule has 0 saturated heterocycles. The first-order valence-electron chi connectivity index (χ1n) is 6.87. The molecule has 0 saturated carbocycles. The summed E-state index contributed by atoms with van der Waals surface area (Å²) >= 11 is 0. The van der Waals surface area contributed by atoms with E-state index in [9.17, 15) is 9.18 Å². The molecule has 0 aliphatic rings. The molecule has 0 N–H and O–H groups in total. The van der Waals surface area contributed by atoms with Gasteiger partial charge in [-0.1, -0.05) is 45.0 Å². The summed E-state index contributed by atoms with van der Waals surface area (Å²) in [6.45, 7) is 6.82. The predicted molar refractivity (Wildman–Crippen MR) is 81.3 cm³/mol. The Bertz CT molecular complexity index is 625. The molecule has 0 aliphatic heterocycles. The van der Waals surface area contributed by atoms with Gasteiger partial charge >= 0.3 is 0 Å². The first kappa shape index (κ1) is 15.2. The van der Waals surface area contributed by atoms with Crippen LogP contribution in [0.4, 0.5) is 4.39 Å². The van der Waals surface area contributed by atoms with Crippen molar-refractivity contribution >= 4 is 6.29 Å². The van der Waals surface area contributed by atoms with Crippen molar-refractivity contribution in [2.75, 3.05) is 0 Å². The molecule has 0 aliphatic carbocycles. The van der Waals surface area contributed by atoms with Crippen LogP contribution < -0.4 is 4.74 Å². The Morgan fingerprint density at radius 1 is 1.10 bits per heavy atom. The number of carbonyl (C=O) groups is 1. The Labute approximate surface area is 124 Å². The smallest absolute Gasteiger partial charge is 0.153 e. The molecule has 0 bridgehead atoms. The summed E-state index contributed by atoms with van der Waals surface area (Å²) in [7, 11) is 0. The maximum atomic E-state index is 13.0. The highest BCUT2D eigenvalue weighted by molar-refractivity contribution is 5.79. The van der Waals surface area contributed by atoms with E-state index in [4.69, 9.17) is 4.74 Å². The van der Waals surface area contributed by atoms with Crippen LogP contribution >= 0.6 is 0 Å². The molecule has 2 aromatic rings. The maximum Gasteiger partial charge on any atom is 0.153 e. The molecular weight excluding hydrogens is 267 g/mol. The van der Waals surface area contributed by atoms with Gasteiger partial charge in [-0.05, 0) is 34.7 Å². The lowest BCUT2D eigenvalue weighted by Gasteiger charge is -2.19. The minimum Gasteiger partial charge on any atom is -0.488 e. The average Bonchev–Trinajstić information content (AvgIpc) is 2.45. The fourth-order valence-corrected chi connectivity index (χ4v) is 2.00. The monoisotopic (exact) mass is 286 g/mol. The van der Waals surface area contributed by atoms with E-state index in [0.29, 0.717) is 18.6 Å². The first-order chi connectivity index (χ1) is 9.90. The number of halogens is 1. The molecule has 0 spiro atoms. The minimum atomic E-state index is -0.445. The molecule has 2 aromatic carbocycles. The number of hydrogen-bond acceptors (Lipinski definition) is 2. The fraction of sp³-hybridized carbons (Fsp3) is 0.278. The lowest BCUT2D eigenvalue weighted by molar-refractivity contribution is 0.111. The van der Waals surface area contributed by atoms with Crippen molar-refractivity contribution < 1.29 is 13.9 Å². The number of benzene rings is 2. The predicted octanol–water partition coefficient (Wildman–Crippen LogP) is 4.51. The van der Waals surface area contributed by atoms with Crippen LogP contribution in [0.3, 0.4) is 0 Å². The fourth-order valence-electron chi connectivity index (χ4n) is 2.00. The van der Waals surface area contributed by atoms with Gasteiger partial charge in [0.1, 0.15) is 18.2 Å². The Hall–Kier alpha value is -2.16. The van der Waals surface area contributed by atoms with Crippen molar-refractivity contribution in [3.05, 3.63) is 65.0 Å². The Balaban J connectivity index is 2.08. The molecular formula is C18H19FO2. The quantitative estimate of drug-likeness (QED) is 0.773. The van der Waals surface area contributed by atoms with Gasteiger partial charge in [0.05, 0.1) is 5.56 Å². The highest BCUT2D eigenvalue weighted by atomic mass is 19.1. The maximum absolute atomic E-state index is 13.0. The molecule has 21 heavy (non-hydrogen) atoms. The molecule has 0 aromatic heterocycles. The van der Waals surface area contributed by atoms with Crippen molar-refractivity contribution in [2.24, 2.45) is 0 Å². The van der Waals surface area contributed by atoms with Crippen molar-refractivity contribution in [3.63, 3.8) is 0 Å². The largest absolute Gasteiger partial charge is 0.488 e. The number of carbonyl (C=O) groups excluding carboxylic acids is 1. The molecule has 2 rings (SSSR count). The Morgan fingerprint density at radius 3 is 2.33 bits per heavy atom. The van der Waals surface area contributed by atoms with Crippen LogP contribution in [-0.2, 0) is 12.0 Å². The SMILES string of the molecule is CC(C)(C)c1ccc(COc2ccc(F)cc2C=O)cc1. The van der Waals surface area contributed by atoms with Crippen LogP contribution in [0.5, 0.6) is 5.75 Å². The van der Waals surface area contributed by atoms with Crippen molar-refractivity contribution in [1.82, 2.24) is 0 Å². The van der Waals surface area contributed by atoms with Gasteiger partial charge in [-0.15, -0.1) is 0 Å². The van der Waals surface area contributed by atoms with E-state index in [1.54, 1.807) is 0 Å². The molecule has 0 unspecified atom stereocenters. The topological polar surface area (TPSA) is 26.3 Å². The summed E-state index contributed by atoms with van der Waals surface area (Å²) in [5.74, 6) is -0.0507. The molecule has 0 fully saturated rings. The lowest BCUT2D eigenvalue weighted by Crippen LogP contribution is -2.10. The lowest BCUT2D eigenvalue weighted by atomic mass is 9.87. The van der Waals surface area contributed by atoms with Crippen molar-refractivity contribution in [2.45, 2.75) is 32.8 Å². The summed E-state index contributed by atoms with van der Waals surface area (Å²) in [5.41, 5.74) is 2.59. The molecule has 2 nitrogen and oxygen atoms in total.